The lowest BCUT2D eigenvalue weighted by molar-refractivity contribution is 0.198. The molecular formula is C16H13F2NO2. The predicted molar refractivity (Wildman–Crippen MR) is 72.5 cm³/mol. The van der Waals surface area contributed by atoms with Gasteiger partial charge in [0.05, 0.1) is 11.7 Å². The van der Waals surface area contributed by atoms with Gasteiger partial charge in [-0.05, 0) is 42.3 Å². The van der Waals surface area contributed by atoms with Gasteiger partial charge in [0.1, 0.15) is 18.5 Å². The van der Waals surface area contributed by atoms with Crippen LogP contribution in [0.4, 0.5) is 8.78 Å². The zero-order chi connectivity index (χ0) is 15.4. The van der Waals surface area contributed by atoms with Crippen LogP contribution in [0.15, 0.2) is 36.4 Å². The Labute approximate surface area is 121 Å². The summed E-state index contributed by atoms with van der Waals surface area (Å²) in [5.41, 5.74) is 0.932. The zero-order valence-corrected chi connectivity index (χ0v) is 11.3. The molecular weight excluding hydrogens is 276 g/mol. The van der Waals surface area contributed by atoms with E-state index in [9.17, 15) is 13.9 Å². The highest BCUT2D eigenvalue weighted by atomic mass is 19.1. The van der Waals surface area contributed by atoms with E-state index in [4.69, 9.17) is 10.00 Å². The van der Waals surface area contributed by atoms with E-state index < -0.39 is 17.7 Å². The van der Waals surface area contributed by atoms with E-state index in [1.807, 2.05) is 0 Å². The van der Waals surface area contributed by atoms with Crippen molar-refractivity contribution in [1.82, 2.24) is 0 Å². The minimum Gasteiger partial charge on any atom is -0.486 e. The van der Waals surface area contributed by atoms with Crippen LogP contribution in [-0.2, 0) is 6.61 Å². The second-order valence-corrected chi connectivity index (χ2v) is 4.58. The number of hydrogen-bond acceptors (Lipinski definition) is 3. The van der Waals surface area contributed by atoms with Crippen LogP contribution in [0.5, 0.6) is 5.75 Å². The summed E-state index contributed by atoms with van der Waals surface area (Å²) < 4.78 is 32.3. The van der Waals surface area contributed by atoms with Crippen molar-refractivity contribution in [1.29, 1.82) is 5.26 Å². The van der Waals surface area contributed by atoms with E-state index in [0.29, 0.717) is 11.1 Å². The van der Waals surface area contributed by atoms with Crippen molar-refractivity contribution in [2.24, 2.45) is 0 Å². The number of nitrogens with zero attached hydrogens (tertiary/aromatic N) is 1. The van der Waals surface area contributed by atoms with Crippen LogP contribution in [0.2, 0.25) is 0 Å². The molecule has 0 saturated carbocycles. The van der Waals surface area contributed by atoms with Gasteiger partial charge in [0.2, 0.25) is 0 Å². The van der Waals surface area contributed by atoms with Gasteiger partial charge in [-0.3, -0.25) is 0 Å². The molecule has 2 aromatic rings. The Morgan fingerprint density at radius 3 is 2.57 bits per heavy atom. The van der Waals surface area contributed by atoms with Gasteiger partial charge in [0.25, 0.3) is 0 Å². The second kappa shape index (κ2) is 6.33. The van der Waals surface area contributed by atoms with Crippen LogP contribution in [0.3, 0.4) is 0 Å². The van der Waals surface area contributed by atoms with Crippen LogP contribution >= 0.6 is 0 Å². The van der Waals surface area contributed by atoms with E-state index in [-0.39, 0.29) is 17.9 Å². The molecule has 0 aliphatic carbocycles. The Bertz CT molecular complexity index is 693. The zero-order valence-electron chi connectivity index (χ0n) is 11.3. The number of nitriles is 1. The lowest BCUT2D eigenvalue weighted by atomic mass is 10.1. The van der Waals surface area contributed by atoms with E-state index >= 15 is 0 Å². The van der Waals surface area contributed by atoms with Crippen LogP contribution < -0.4 is 4.74 Å². The van der Waals surface area contributed by atoms with Gasteiger partial charge in [0, 0.05) is 0 Å². The Kier molecular flexibility index (Phi) is 4.51. The maximum Gasteiger partial charge on any atom is 0.165 e. The first kappa shape index (κ1) is 14.9. The molecule has 1 unspecified atom stereocenters. The minimum absolute atomic E-state index is 0.0138. The first-order valence-electron chi connectivity index (χ1n) is 6.30. The molecule has 0 heterocycles. The summed E-state index contributed by atoms with van der Waals surface area (Å²) in [6, 6.07) is 9.92. The third kappa shape index (κ3) is 3.56. The van der Waals surface area contributed by atoms with Gasteiger partial charge in [-0.2, -0.15) is 5.26 Å². The molecule has 0 radical (unpaired) electrons. The summed E-state index contributed by atoms with van der Waals surface area (Å²) in [5.74, 6) is -1.16. The largest absolute Gasteiger partial charge is 0.486 e. The first-order chi connectivity index (χ1) is 10.0. The Morgan fingerprint density at radius 1 is 1.19 bits per heavy atom. The van der Waals surface area contributed by atoms with E-state index in [2.05, 4.69) is 0 Å². The summed E-state index contributed by atoms with van der Waals surface area (Å²) in [6.45, 7) is 1.55. The lowest BCUT2D eigenvalue weighted by Crippen LogP contribution is -2.00. The maximum atomic E-state index is 13.8. The highest BCUT2D eigenvalue weighted by Gasteiger charge is 2.09. The summed E-state index contributed by atoms with van der Waals surface area (Å²) >= 11 is 0. The quantitative estimate of drug-likeness (QED) is 0.937. The van der Waals surface area contributed by atoms with Crippen molar-refractivity contribution in [2.75, 3.05) is 0 Å². The van der Waals surface area contributed by atoms with Crippen molar-refractivity contribution >= 4 is 0 Å². The van der Waals surface area contributed by atoms with Gasteiger partial charge < -0.3 is 9.84 Å². The second-order valence-electron chi connectivity index (χ2n) is 4.58. The number of hydrogen-bond donors (Lipinski definition) is 1. The van der Waals surface area contributed by atoms with Crippen LogP contribution in [-0.4, -0.2) is 5.11 Å². The lowest BCUT2D eigenvalue weighted by Gasteiger charge is -2.10. The predicted octanol–water partition coefficient (Wildman–Crippen LogP) is 3.47. The number of rotatable bonds is 4. The topological polar surface area (TPSA) is 53.2 Å². The van der Waals surface area contributed by atoms with Gasteiger partial charge in [-0.15, -0.1) is 0 Å². The molecule has 0 fully saturated rings. The molecule has 2 rings (SSSR count). The van der Waals surface area contributed by atoms with Crippen molar-refractivity contribution in [3.05, 3.63) is 64.7 Å². The fourth-order valence-electron chi connectivity index (χ4n) is 1.80. The molecule has 1 atom stereocenters. The van der Waals surface area contributed by atoms with E-state index in [1.54, 1.807) is 12.1 Å². The average molecular weight is 289 g/mol. The van der Waals surface area contributed by atoms with Gasteiger partial charge in [-0.1, -0.05) is 12.1 Å². The molecule has 21 heavy (non-hydrogen) atoms. The number of aliphatic hydroxyl groups is 1. The smallest absolute Gasteiger partial charge is 0.165 e. The number of benzene rings is 2. The number of ether oxygens (including phenoxy) is 1. The fourth-order valence-corrected chi connectivity index (χ4v) is 1.80. The maximum absolute atomic E-state index is 13.8. The fraction of sp³-hybridized carbons (Fsp3) is 0.188. The normalized spacial score (nSPS) is 11.8. The molecule has 0 aliphatic heterocycles. The average Bonchev–Trinajstić information content (AvgIpc) is 2.47. The molecule has 0 bridgehead atoms. The van der Waals surface area contributed by atoms with Crippen LogP contribution in [0.25, 0.3) is 0 Å². The highest BCUT2D eigenvalue weighted by Crippen LogP contribution is 2.23. The van der Waals surface area contributed by atoms with Crippen molar-refractivity contribution < 1.29 is 18.6 Å². The van der Waals surface area contributed by atoms with Crippen molar-refractivity contribution in [3.8, 4) is 11.8 Å². The van der Waals surface area contributed by atoms with Crippen molar-refractivity contribution in [2.45, 2.75) is 19.6 Å². The standard InChI is InChI=1S/C16H13F2NO2/c1-10(20)12-3-5-16(15(18)7-12)21-9-11-2-4-14(17)13(6-11)8-19/h2-7,10,20H,9H2,1H3. The van der Waals surface area contributed by atoms with Crippen LogP contribution in [0.1, 0.15) is 29.7 Å². The third-order valence-corrected chi connectivity index (χ3v) is 2.98. The summed E-state index contributed by atoms with van der Waals surface area (Å²) in [6.07, 6.45) is -0.760. The highest BCUT2D eigenvalue weighted by molar-refractivity contribution is 5.35. The van der Waals surface area contributed by atoms with E-state index in [1.165, 1.54) is 37.3 Å². The summed E-state index contributed by atoms with van der Waals surface area (Å²) in [5, 5.41) is 18.1. The molecule has 108 valence electrons. The van der Waals surface area contributed by atoms with Gasteiger partial charge in [0.15, 0.2) is 11.6 Å². The molecule has 2 aromatic carbocycles. The molecule has 1 N–H and O–H groups in total. The molecule has 0 aliphatic rings. The van der Waals surface area contributed by atoms with Crippen LogP contribution in [0, 0.1) is 23.0 Å². The molecule has 0 spiro atoms. The van der Waals surface area contributed by atoms with E-state index in [0.717, 1.165) is 0 Å². The molecule has 3 nitrogen and oxygen atoms in total. The molecule has 5 heteroatoms. The van der Waals surface area contributed by atoms with Gasteiger partial charge in [-0.25, -0.2) is 8.78 Å². The molecule has 0 amide bonds. The molecule has 0 aromatic heterocycles. The number of aliphatic hydroxyl groups excluding tert-OH is 1. The third-order valence-electron chi connectivity index (χ3n) is 2.98. The van der Waals surface area contributed by atoms with Crippen molar-refractivity contribution in [3.63, 3.8) is 0 Å². The summed E-state index contributed by atoms with van der Waals surface area (Å²) in [4.78, 5) is 0. The Balaban J connectivity index is 2.12. The first-order valence-corrected chi connectivity index (χ1v) is 6.30. The number of halogens is 2. The Hall–Kier alpha value is -2.45. The monoisotopic (exact) mass is 289 g/mol. The Morgan fingerprint density at radius 2 is 1.95 bits per heavy atom. The molecule has 0 saturated heterocycles. The minimum atomic E-state index is -0.760. The SMILES string of the molecule is CC(O)c1ccc(OCc2ccc(F)c(C#N)c2)c(F)c1. The van der Waals surface area contributed by atoms with Gasteiger partial charge >= 0.3 is 0 Å². The summed E-state index contributed by atoms with van der Waals surface area (Å²) in [7, 11) is 0.